The molecule has 0 aromatic rings. The lowest BCUT2D eigenvalue weighted by Crippen LogP contribution is -2.48. The van der Waals surface area contributed by atoms with E-state index in [-0.39, 0.29) is 16.7 Å². The topological polar surface area (TPSA) is 75.7 Å². The first-order chi connectivity index (χ1) is 9.39. The molecule has 1 N–H and O–H groups in total. The third kappa shape index (κ3) is 2.63. The molecule has 6 nitrogen and oxygen atoms in total. The van der Waals surface area contributed by atoms with Gasteiger partial charge in [0.1, 0.15) is 6.04 Å². The molecule has 0 saturated carbocycles. The number of nitrogens with one attached hydrogen (secondary N) is 1. The van der Waals surface area contributed by atoms with Gasteiger partial charge in [-0.15, -0.1) is 11.8 Å². The van der Waals surface area contributed by atoms with Gasteiger partial charge in [-0.2, -0.15) is 0 Å². The number of ether oxygens (including phenoxy) is 1. The number of carbonyl (C=O) groups is 3. The third-order valence-corrected chi connectivity index (χ3v) is 5.24. The van der Waals surface area contributed by atoms with Gasteiger partial charge in [0.05, 0.1) is 4.87 Å². The molecule has 0 aliphatic carbocycles. The van der Waals surface area contributed by atoms with E-state index in [1.165, 1.54) is 6.92 Å². The number of likely N-dealkylation sites (N-methyl/N-ethyl adjacent to an activating group) is 1. The third-order valence-electron chi connectivity index (χ3n) is 3.73. The van der Waals surface area contributed by atoms with Crippen molar-refractivity contribution >= 4 is 29.5 Å². The average Bonchev–Trinajstić information content (AvgIpc) is 2.87. The molecule has 2 aliphatic heterocycles. The molecule has 2 heterocycles. The van der Waals surface area contributed by atoms with E-state index < -0.39 is 18.1 Å². The highest BCUT2D eigenvalue weighted by Gasteiger charge is 2.53. The molecule has 0 aromatic heterocycles. The number of hydrogen-bond acceptors (Lipinski definition) is 5. The Morgan fingerprint density at radius 3 is 2.95 bits per heavy atom. The van der Waals surface area contributed by atoms with Crippen LogP contribution in [0, 0.1) is 0 Å². The molecule has 20 heavy (non-hydrogen) atoms. The summed E-state index contributed by atoms with van der Waals surface area (Å²) in [5.41, 5.74) is 0. The highest BCUT2D eigenvalue weighted by atomic mass is 32.2. The predicted octanol–water partition coefficient (Wildman–Crippen LogP) is 0.508. The molecule has 0 aromatic carbocycles. The van der Waals surface area contributed by atoms with Gasteiger partial charge in [0.25, 0.3) is 5.91 Å². The molecule has 112 valence electrons. The summed E-state index contributed by atoms with van der Waals surface area (Å²) in [6, 6.07) is -0.572. The molecule has 0 unspecified atom stereocenters. The Morgan fingerprint density at radius 2 is 2.30 bits per heavy atom. The van der Waals surface area contributed by atoms with E-state index in [0.29, 0.717) is 18.7 Å². The van der Waals surface area contributed by atoms with Gasteiger partial charge in [0, 0.05) is 18.7 Å². The highest BCUT2D eigenvalue weighted by molar-refractivity contribution is 8.01. The zero-order valence-electron chi connectivity index (χ0n) is 12.0. The van der Waals surface area contributed by atoms with E-state index in [0.717, 1.165) is 6.42 Å². The van der Waals surface area contributed by atoms with Gasteiger partial charge in [-0.3, -0.25) is 9.59 Å². The van der Waals surface area contributed by atoms with Gasteiger partial charge in [0.2, 0.25) is 5.91 Å². The number of hydrogen-bond donors (Lipinski definition) is 1. The van der Waals surface area contributed by atoms with Crippen molar-refractivity contribution in [3.8, 4) is 0 Å². The van der Waals surface area contributed by atoms with Gasteiger partial charge in [-0.1, -0.05) is 0 Å². The van der Waals surface area contributed by atoms with Crippen LogP contribution in [0.2, 0.25) is 0 Å². The Kier molecular flexibility index (Phi) is 4.27. The monoisotopic (exact) mass is 300 g/mol. The molecule has 2 fully saturated rings. The maximum Gasteiger partial charge on any atom is 0.330 e. The molecule has 2 amide bonds. The first-order valence-corrected chi connectivity index (χ1v) is 7.82. The first kappa shape index (κ1) is 15.2. The van der Waals surface area contributed by atoms with Crippen LogP contribution in [-0.4, -0.2) is 52.0 Å². The second kappa shape index (κ2) is 5.63. The summed E-state index contributed by atoms with van der Waals surface area (Å²) < 4.78 is 5.19. The fourth-order valence-corrected chi connectivity index (χ4v) is 4.04. The van der Waals surface area contributed by atoms with E-state index in [1.807, 2.05) is 6.92 Å². The van der Waals surface area contributed by atoms with E-state index in [1.54, 1.807) is 23.6 Å². The predicted molar refractivity (Wildman–Crippen MR) is 75.0 cm³/mol. The molecular weight excluding hydrogens is 280 g/mol. The van der Waals surface area contributed by atoms with Crippen LogP contribution in [0.25, 0.3) is 0 Å². The van der Waals surface area contributed by atoms with Crippen molar-refractivity contribution in [1.82, 2.24) is 10.2 Å². The van der Waals surface area contributed by atoms with Crippen LogP contribution < -0.4 is 5.32 Å². The highest BCUT2D eigenvalue weighted by Crippen LogP contribution is 2.47. The molecular formula is C13H20N2O4S. The maximum atomic E-state index is 12.2. The largest absolute Gasteiger partial charge is 0.451 e. The Balaban J connectivity index is 2.00. The number of amides is 2. The minimum absolute atomic E-state index is 0.00915. The summed E-state index contributed by atoms with van der Waals surface area (Å²) in [4.78, 5) is 37.0. The summed E-state index contributed by atoms with van der Waals surface area (Å²) in [5, 5.41) is 2.60. The maximum absolute atomic E-state index is 12.2. The van der Waals surface area contributed by atoms with E-state index >= 15 is 0 Å². The number of thioether (sulfide) groups is 1. The van der Waals surface area contributed by atoms with Crippen molar-refractivity contribution in [2.75, 3.05) is 12.3 Å². The lowest BCUT2D eigenvalue weighted by Gasteiger charge is -2.29. The van der Waals surface area contributed by atoms with Crippen molar-refractivity contribution in [1.29, 1.82) is 0 Å². The number of rotatable bonds is 4. The van der Waals surface area contributed by atoms with E-state index in [2.05, 4.69) is 5.32 Å². The average molecular weight is 300 g/mol. The van der Waals surface area contributed by atoms with Gasteiger partial charge in [-0.05, 0) is 27.2 Å². The minimum atomic E-state index is -0.836. The summed E-state index contributed by atoms with van der Waals surface area (Å²) in [6.07, 6.45) is 0.391. The molecule has 2 saturated heterocycles. The zero-order valence-corrected chi connectivity index (χ0v) is 12.8. The van der Waals surface area contributed by atoms with E-state index in [4.69, 9.17) is 4.74 Å². The van der Waals surface area contributed by atoms with Crippen molar-refractivity contribution in [3.05, 3.63) is 0 Å². The Bertz CT molecular complexity index is 442. The molecule has 2 aliphatic rings. The first-order valence-electron chi connectivity index (χ1n) is 6.83. The molecule has 0 spiro atoms. The summed E-state index contributed by atoms with van der Waals surface area (Å²) >= 11 is 1.60. The molecule has 0 radical (unpaired) electrons. The molecule has 0 bridgehead atoms. The van der Waals surface area contributed by atoms with Crippen molar-refractivity contribution in [2.45, 2.75) is 50.6 Å². The number of carbonyl (C=O) groups excluding carboxylic acids is 3. The zero-order chi connectivity index (χ0) is 14.9. The molecule has 7 heteroatoms. The lowest BCUT2D eigenvalue weighted by molar-refractivity contribution is -0.161. The minimum Gasteiger partial charge on any atom is -0.451 e. The van der Waals surface area contributed by atoms with Crippen LogP contribution in [0.5, 0.6) is 0 Å². The van der Waals surface area contributed by atoms with Crippen LogP contribution in [0.15, 0.2) is 0 Å². The van der Waals surface area contributed by atoms with Crippen LogP contribution in [0.4, 0.5) is 0 Å². The molecule has 2 rings (SSSR count). The standard InChI is InChI=1S/C13H20N2O4S/c1-4-14-11(17)8(2)19-12(18)9-7-20-13(3)6-5-10(16)15(9)13/h8-9H,4-7H2,1-3H3,(H,14,17)/t8-,9-,13-/m0/s1. The lowest BCUT2D eigenvalue weighted by atomic mass is 10.2. The van der Waals surface area contributed by atoms with Crippen molar-refractivity contribution in [2.24, 2.45) is 0 Å². The number of esters is 1. The summed E-state index contributed by atoms with van der Waals surface area (Å²) in [5.74, 6) is -0.286. The smallest absolute Gasteiger partial charge is 0.330 e. The second-order valence-corrected chi connectivity index (χ2v) is 6.74. The second-order valence-electron chi connectivity index (χ2n) is 5.24. The van der Waals surface area contributed by atoms with Crippen LogP contribution in [-0.2, 0) is 19.1 Å². The van der Waals surface area contributed by atoms with Crippen molar-refractivity contribution < 1.29 is 19.1 Å². The molecule has 3 atom stereocenters. The SMILES string of the molecule is CCNC(=O)[C@H](C)OC(=O)[C@@H]1CS[C@@]2(C)CCC(=O)N12. The Hall–Kier alpha value is -1.24. The van der Waals surface area contributed by atoms with Crippen molar-refractivity contribution in [3.63, 3.8) is 0 Å². The number of fused-ring (bicyclic) bond motifs is 1. The van der Waals surface area contributed by atoms with Gasteiger partial charge < -0.3 is 15.0 Å². The van der Waals surface area contributed by atoms with E-state index in [9.17, 15) is 14.4 Å². The van der Waals surface area contributed by atoms with Crippen LogP contribution in [0.1, 0.15) is 33.6 Å². The normalized spacial score (nSPS) is 30.1. The Morgan fingerprint density at radius 1 is 1.60 bits per heavy atom. The quantitative estimate of drug-likeness (QED) is 0.766. The fraction of sp³-hybridized carbons (Fsp3) is 0.769. The fourth-order valence-electron chi connectivity index (χ4n) is 2.62. The van der Waals surface area contributed by atoms with Crippen LogP contribution >= 0.6 is 11.8 Å². The summed E-state index contributed by atoms with van der Waals surface area (Å²) in [6.45, 7) is 5.80. The van der Waals surface area contributed by atoms with Gasteiger partial charge in [0.15, 0.2) is 6.10 Å². The Labute approximate surface area is 122 Å². The van der Waals surface area contributed by atoms with Gasteiger partial charge >= 0.3 is 5.97 Å². The number of nitrogens with zero attached hydrogens (tertiary/aromatic N) is 1. The van der Waals surface area contributed by atoms with Crippen LogP contribution in [0.3, 0.4) is 0 Å². The van der Waals surface area contributed by atoms with Gasteiger partial charge in [-0.25, -0.2) is 4.79 Å². The summed E-state index contributed by atoms with van der Waals surface area (Å²) in [7, 11) is 0.